The van der Waals surface area contributed by atoms with Crippen LogP contribution < -0.4 is 15.4 Å². The Morgan fingerprint density at radius 2 is 2.04 bits per heavy atom. The van der Waals surface area contributed by atoms with Crippen LogP contribution in [0.3, 0.4) is 0 Å². The number of Topliss-reactive ketones (excluding diaryl/α,β-unsaturated/α-hetero) is 1. The van der Waals surface area contributed by atoms with Crippen LogP contribution in [-0.2, 0) is 16.1 Å². The summed E-state index contributed by atoms with van der Waals surface area (Å²) in [7, 11) is 0. The molecule has 1 saturated carbocycles. The molecule has 1 aliphatic carbocycles. The smallest absolute Gasteiger partial charge is 0.377 e. The van der Waals surface area contributed by atoms with Gasteiger partial charge in [-0.15, -0.1) is 0 Å². The lowest BCUT2D eigenvalue weighted by Gasteiger charge is -2.40. The van der Waals surface area contributed by atoms with E-state index in [1.54, 1.807) is 0 Å². The van der Waals surface area contributed by atoms with Crippen LogP contribution in [0.5, 0.6) is 0 Å². The van der Waals surface area contributed by atoms with Crippen LogP contribution in [0, 0.1) is 5.92 Å². The molecule has 7 nitrogen and oxygen atoms in total. The zero-order chi connectivity index (χ0) is 20.1. The Kier molecular flexibility index (Phi) is 4.84. The van der Waals surface area contributed by atoms with E-state index in [4.69, 9.17) is 4.74 Å². The van der Waals surface area contributed by atoms with E-state index in [-0.39, 0.29) is 43.2 Å². The average molecular weight is 400 g/mol. The Labute approximate surface area is 160 Å². The van der Waals surface area contributed by atoms with Gasteiger partial charge in [-0.1, -0.05) is 0 Å². The van der Waals surface area contributed by atoms with Gasteiger partial charge in [-0.3, -0.25) is 14.2 Å². The normalized spacial score (nSPS) is 25.6. The summed E-state index contributed by atoms with van der Waals surface area (Å²) in [6.45, 7) is 2.88. The lowest BCUT2D eigenvalue weighted by molar-refractivity contribution is -0.153. The summed E-state index contributed by atoms with van der Waals surface area (Å²) in [5.41, 5.74) is -0.400. The van der Waals surface area contributed by atoms with Crippen molar-refractivity contribution >= 4 is 17.5 Å². The molecule has 0 radical (unpaired) electrons. The summed E-state index contributed by atoms with van der Waals surface area (Å²) in [4.78, 5) is 32.3. The van der Waals surface area contributed by atoms with Gasteiger partial charge in [0.2, 0.25) is 5.95 Å². The highest BCUT2D eigenvalue weighted by molar-refractivity contribution is 5.87. The summed E-state index contributed by atoms with van der Waals surface area (Å²) in [5, 5.41) is 0. The maximum absolute atomic E-state index is 13.7. The van der Waals surface area contributed by atoms with Crippen molar-refractivity contribution in [2.75, 3.05) is 36.1 Å². The summed E-state index contributed by atoms with van der Waals surface area (Å²) in [6.07, 6.45) is -3.34. The summed E-state index contributed by atoms with van der Waals surface area (Å²) in [5.74, 6) is -0.122. The van der Waals surface area contributed by atoms with Crippen LogP contribution >= 0.6 is 0 Å². The number of aromatic nitrogens is 2. The third-order valence-corrected chi connectivity index (χ3v) is 5.63. The number of anilines is 2. The second-order valence-corrected chi connectivity index (χ2v) is 7.74. The molecule has 3 aliphatic rings. The van der Waals surface area contributed by atoms with E-state index in [0.29, 0.717) is 25.6 Å². The van der Waals surface area contributed by atoms with E-state index in [2.05, 4.69) is 4.98 Å². The monoisotopic (exact) mass is 400 g/mol. The number of nitrogens with zero attached hydrogens (tertiary/aromatic N) is 4. The standard InChI is InChI=1S/C18H23F3N4O3/c1-11-10-28-7-6-23(11)15-8-16(27)24-5-4-14(18(19,20)21)25(17(24)22-15)9-13(26)12-2-3-12/h8,11-12,14H,2-7,9-10H2,1H3/t11-,14+/m1/s1. The van der Waals surface area contributed by atoms with Gasteiger partial charge in [0.25, 0.3) is 5.56 Å². The lowest BCUT2D eigenvalue weighted by atomic mass is 10.1. The Hall–Kier alpha value is -2.10. The molecule has 0 spiro atoms. The van der Waals surface area contributed by atoms with Gasteiger partial charge in [0.1, 0.15) is 11.9 Å². The first-order valence-electron chi connectivity index (χ1n) is 9.58. The minimum absolute atomic E-state index is 0.0488. The Morgan fingerprint density at radius 3 is 2.68 bits per heavy atom. The number of carbonyl (C=O) groups is 1. The first kappa shape index (κ1) is 19.2. The molecule has 28 heavy (non-hydrogen) atoms. The number of hydrogen-bond donors (Lipinski definition) is 0. The van der Waals surface area contributed by atoms with Crippen molar-refractivity contribution < 1.29 is 22.7 Å². The minimum atomic E-state index is -4.50. The van der Waals surface area contributed by atoms with Crippen molar-refractivity contribution in [3.8, 4) is 0 Å². The predicted octanol–water partition coefficient (Wildman–Crippen LogP) is 1.59. The maximum atomic E-state index is 13.7. The van der Waals surface area contributed by atoms with E-state index in [1.165, 1.54) is 10.6 Å². The van der Waals surface area contributed by atoms with Crippen molar-refractivity contribution in [3.05, 3.63) is 16.4 Å². The first-order chi connectivity index (χ1) is 13.3. The number of morpholine rings is 1. The van der Waals surface area contributed by atoms with E-state index < -0.39 is 17.8 Å². The summed E-state index contributed by atoms with van der Waals surface area (Å²) < 4.78 is 47.7. The van der Waals surface area contributed by atoms with Crippen LogP contribution in [0.15, 0.2) is 10.9 Å². The molecule has 154 valence electrons. The number of halogens is 3. The Balaban J connectivity index is 1.74. The van der Waals surface area contributed by atoms with Crippen molar-refractivity contribution in [2.24, 2.45) is 5.92 Å². The molecule has 3 heterocycles. The largest absolute Gasteiger partial charge is 0.408 e. The van der Waals surface area contributed by atoms with E-state index in [1.807, 2.05) is 11.8 Å². The van der Waals surface area contributed by atoms with Gasteiger partial charge in [-0.05, 0) is 26.2 Å². The van der Waals surface area contributed by atoms with Gasteiger partial charge in [0.05, 0.1) is 25.8 Å². The number of ether oxygens (including phenoxy) is 1. The molecular weight excluding hydrogens is 377 g/mol. The third kappa shape index (κ3) is 3.61. The molecule has 0 amide bonds. The Bertz CT molecular complexity index is 821. The van der Waals surface area contributed by atoms with Gasteiger partial charge in [-0.25, -0.2) is 0 Å². The van der Waals surface area contributed by atoms with E-state index in [0.717, 1.165) is 17.7 Å². The highest BCUT2D eigenvalue weighted by Gasteiger charge is 2.48. The Morgan fingerprint density at radius 1 is 1.29 bits per heavy atom. The second kappa shape index (κ2) is 7.06. The van der Waals surface area contributed by atoms with Crippen LogP contribution in [0.25, 0.3) is 0 Å². The summed E-state index contributed by atoms with van der Waals surface area (Å²) in [6, 6.07) is -0.508. The predicted molar refractivity (Wildman–Crippen MR) is 95.7 cm³/mol. The van der Waals surface area contributed by atoms with Crippen molar-refractivity contribution in [3.63, 3.8) is 0 Å². The molecule has 4 rings (SSSR count). The molecule has 2 fully saturated rings. The fourth-order valence-corrected chi connectivity index (χ4v) is 3.90. The molecule has 2 aliphatic heterocycles. The number of alkyl halides is 3. The highest BCUT2D eigenvalue weighted by Crippen LogP contribution is 2.36. The van der Waals surface area contributed by atoms with E-state index in [9.17, 15) is 22.8 Å². The van der Waals surface area contributed by atoms with Gasteiger partial charge in [-0.2, -0.15) is 18.2 Å². The molecule has 1 saturated heterocycles. The molecule has 0 N–H and O–H groups in total. The highest BCUT2D eigenvalue weighted by atomic mass is 19.4. The summed E-state index contributed by atoms with van der Waals surface area (Å²) >= 11 is 0. The van der Waals surface area contributed by atoms with Gasteiger partial charge in [0, 0.05) is 25.1 Å². The molecule has 0 bridgehead atoms. The SMILES string of the molecule is C[C@@H]1COCCN1c1cc(=O)n2c(n1)N(CC(=O)C1CC1)[C@H](C(F)(F)F)CC2. The number of hydrogen-bond acceptors (Lipinski definition) is 6. The lowest BCUT2D eigenvalue weighted by Crippen LogP contribution is -2.54. The fourth-order valence-electron chi connectivity index (χ4n) is 3.90. The van der Waals surface area contributed by atoms with Crippen molar-refractivity contribution in [2.45, 2.75) is 51.0 Å². The molecule has 0 unspecified atom stereocenters. The number of fused-ring (bicyclic) bond motifs is 1. The average Bonchev–Trinajstić information content (AvgIpc) is 3.46. The van der Waals surface area contributed by atoms with E-state index >= 15 is 0 Å². The molecule has 0 aromatic carbocycles. The van der Waals surface area contributed by atoms with Crippen molar-refractivity contribution in [1.29, 1.82) is 0 Å². The topological polar surface area (TPSA) is 67.7 Å². The minimum Gasteiger partial charge on any atom is -0.377 e. The number of rotatable bonds is 4. The van der Waals surface area contributed by atoms with Crippen LogP contribution in [0.4, 0.5) is 24.9 Å². The molecule has 1 aromatic heterocycles. The van der Waals surface area contributed by atoms with Gasteiger partial charge >= 0.3 is 6.18 Å². The number of carbonyl (C=O) groups excluding carboxylic acids is 1. The molecular formula is C18H23F3N4O3. The number of ketones is 1. The molecule has 2 atom stereocenters. The van der Waals surface area contributed by atoms with Crippen LogP contribution in [-0.4, -0.2) is 59.9 Å². The maximum Gasteiger partial charge on any atom is 0.408 e. The first-order valence-corrected chi connectivity index (χ1v) is 9.58. The second-order valence-electron chi connectivity index (χ2n) is 7.74. The van der Waals surface area contributed by atoms with Crippen molar-refractivity contribution in [1.82, 2.24) is 9.55 Å². The molecule has 1 aromatic rings. The zero-order valence-electron chi connectivity index (χ0n) is 15.6. The van der Waals surface area contributed by atoms with Gasteiger partial charge < -0.3 is 14.5 Å². The zero-order valence-corrected chi connectivity index (χ0v) is 15.6. The van der Waals surface area contributed by atoms with Crippen LogP contribution in [0.2, 0.25) is 0 Å². The van der Waals surface area contributed by atoms with Gasteiger partial charge in [0.15, 0.2) is 5.78 Å². The van der Waals surface area contributed by atoms with Crippen LogP contribution in [0.1, 0.15) is 26.2 Å². The quantitative estimate of drug-likeness (QED) is 0.765. The molecule has 10 heteroatoms. The third-order valence-electron chi connectivity index (χ3n) is 5.63. The fraction of sp³-hybridized carbons (Fsp3) is 0.722.